The molecule has 0 aliphatic rings. The molecule has 2 rings (SSSR count). The topological polar surface area (TPSA) is 89.5 Å². The maximum atomic E-state index is 13.0. The van der Waals surface area contributed by atoms with Gasteiger partial charge in [0.25, 0.3) is 5.91 Å². The zero-order valence-corrected chi connectivity index (χ0v) is 14.5. The first-order chi connectivity index (χ1) is 11.7. The van der Waals surface area contributed by atoms with Gasteiger partial charge in [0.2, 0.25) is 0 Å². The number of nitrogens with one attached hydrogen (secondary N) is 1. The largest absolute Gasteiger partial charge is 0.452 e. The maximum absolute atomic E-state index is 13.0. The molecule has 0 unspecified atom stereocenters. The number of rotatable bonds is 5. The highest BCUT2D eigenvalue weighted by Crippen LogP contribution is 2.25. The Morgan fingerprint density at radius 2 is 1.92 bits per heavy atom. The van der Waals surface area contributed by atoms with Gasteiger partial charge in [0.15, 0.2) is 16.4 Å². The van der Waals surface area contributed by atoms with E-state index < -0.39 is 34.1 Å². The number of hydrogen-bond donors (Lipinski definition) is 1. The minimum atomic E-state index is -3.47. The van der Waals surface area contributed by atoms with E-state index in [0.29, 0.717) is 0 Å². The first-order valence-electron chi connectivity index (χ1n) is 6.89. The zero-order valence-electron chi connectivity index (χ0n) is 13.0. The zero-order chi connectivity index (χ0) is 18.6. The van der Waals surface area contributed by atoms with Gasteiger partial charge in [0.05, 0.1) is 21.2 Å². The van der Waals surface area contributed by atoms with Crippen molar-refractivity contribution in [2.75, 3.05) is 18.2 Å². The van der Waals surface area contributed by atoms with Gasteiger partial charge in [-0.2, -0.15) is 0 Å². The van der Waals surface area contributed by atoms with E-state index in [0.717, 1.165) is 12.3 Å². The predicted molar refractivity (Wildman–Crippen MR) is 89.9 cm³/mol. The van der Waals surface area contributed by atoms with E-state index in [2.05, 4.69) is 5.32 Å². The summed E-state index contributed by atoms with van der Waals surface area (Å²) in [5.74, 6) is -2.20. The van der Waals surface area contributed by atoms with Crippen molar-refractivity contribution in [2.24, 2.45) is 0 Å². The van der Waals surface area contributed by atoms with Gasteiger partial charge in [0.1, 0.15) is 5.82 Å². The van der Waals surface area contributed by atoms with Crippen LogP contribution in [0.5, 0.6) is 0 Å². The summed E-state index contributed by atoms with van der Waals surface area (Å²) in [5.41, 5.74) is 0.0290. The smallest absolute Gasteiger partial charge is 0.338 e. The highest BCUT2D eigenvalue weighted by Gasteiger charge is 2.14. The molecular weight excluding hydrogens is 373 g/mol. The molecule has 25 heavy (non-hydrogen) atoms. The van der Waals surface area contributed by atoms with Crippen LogP contribution < -0.4 is 5.32 Å². The average molecular weight is 386 g/mol. The lowest BCUT2D eigenvalue weighted by molar-refractivity contribution is -0.119. The van der Waals surface area contributed by atoms with Crippen LogP contribution in [-0.4, -0.2) is 33.2 Å². The lowest BCUT2D eigenvalue weighted by atomic mass is 10.2. The first-order valence-corrected chi connectivity index (χ1v) is 9.16. The molecule has 0 fully saturated rings. The number of esters is 1. The summed E-state index contributed by atoms with van der Waals surface area (Å²) in [6, 6.07) is 8.65. The van der Waals surface area contributed by atoms with Crippen LogP contribution in [0.2, 0.25) is 5.02 Å². The molecule has 1 N–H and O–H groups in total. The van der Waals surface area contributed by atoms with E-state index in [9.17, 15) is 22.4 Å². The molecule has 9 heteroatoms. The van der Waals surface area contributed by atoms with Gasteiger partial charge in [-0.3, -0.25) is 4.79 Å². The van der Waals surface area contributed by atoms with Crippen molar-refractivity contribution in [3.8, 4) is 0 Å². The van der Waals surface area contributed by atoms with Crippen LogP contribution in [0.4, 0.5) is 10.1 Å². The Labute approximate surface area is 148 Å². The Morgan fingerprint density at radius 1 is 1.20 bits per heavy atom. The summed E-state index contributed by atoms with van der Waals surface area (Å²) < 4.78 is 40.9. The average Bonchev–Trinajstić information content (AvgIpc) is 2.53. The molecule has 0 aliphatic carbocycles. The van der Waals surface area contributed by atoms with E-state index in [-0.39, 0.29) is 21.2 Å². The van der Waals surface area contributed by atoms with E-state index in [1.807, 2.05) is 0 Å². The highest BCUT2D eigenvalue weighted by molar-refractivity contribution is 7.90. The molecule has 0 aliphatic heterocycles. The van der Waals surface area contributed by atoms with E-state index in [1.54, 1.807) is 0 Å². The maximum Gasteiger partial charge on any atom is 0.338 e. The van der Waals surface area contributed by atoms with E-state index in [1.165, 1.54) is 36.4 Å². The van der Waals surface area contributed by atoms with Crippen LogP contribution in [0.1, 0.15) is 10.4 Å². The second-order valence-electron chi connectivity index (χ2n) is 5.05. The molecule has 6 nitrogen and oxygen atoms in total. The summed E-state index contributed by atoms with van der Waals surface area (Å²) in [7, 11) is -3.47. The molecule has 0 bridgehead atoms. The number of benzene rings is 2. The predicted octanol–water partition coefficient (Wildman–Crippen LogP) is 2.68. The van der Waals surface area contributed by atoms with Gasteiger partial charge in [-0.25, -0.2) is 17.6 Å². The Kier molecular flexibility index (Phi) is 5.76. The fraction of sp³-hybridized carbons (Fsp3) is 0.125. The second-order valence-corrected chi connectivity index (χ2v) is 7.47. The van der Waals surface area contributed by atoms with Crippen molar-refractivity contribution in [1.29, 1.82) is 0 Å². The minimum Gasteiger partial charge on any atom is -0.452 e. The van der Waals surface area contributed by atoms with Gasteiger partial charge >= 0.3 is 5.97 Å². The van der Waals surface area contributed by atoms with Gasteiger partial charge < -0.3 is 10.1 Å². The molecular formula is C16H13ClFNO5S. The number of anilines is 1. The summed E-state index contributed by atoms with van der Waals surface area (Å²) in [6.07, 6.45) is 1.02. The highest BCUT2D eigenvalue weighted by atomic mass is 35.5. The normalized spacial score (nSPS) is 11.0. The Hall–Kier alpha value is -2.45. The van der Waals surface area contributed by atoms with Gasteiger partial charge in [-0.15, -0.1) is 0 Å². The van der Waals surface area contributed by atoms with Crippen LogP contribution in [0, 0.1) is 5.82 Å². The van der Waals surface area contributed by atoms with Crippen LogP contribution in [0.15, 0.2) is 47.4 Å². The van der Waals surface area contributed by atoms with Crippen molar-refractivity contribution in [3.63, 3.8) is 0 Å². The van der Waals surface area contributed by atoms with Crippen LogP contribution >= 0.6 is 11.6 Å². The van der Waals surface area contributed by atoms with Crippen LogP contribution in [-0.2, 0) is 19.4 Å². The van der Waals surface area contributed by atoms with Crippen molar-refractivity contribution in [1.82, 2.24) is 0 Å². The fourth-order valence-corrected chi connectivity index (χ4v) is 2.66. The third-order valence-corrected chi connectivity index (χ3v) is 4.47. The lowest BCUT2D eigenvalue weighted by Gasteiger charge is -2.09. The first kappa shape index (κ1) is 18.9. The number of halogens is 2. The van der Waals surface area contributed by atoms with Gasteiger partial charge in [0, 0.05) is 6.26 Å². The molecule has 0 aromatic heterocycles. The van der Waals surface area contributed by atoms with Crippen LogP contribution in [0.3, 0.4) is 0 Å². The summed E-state index contributed by atoms with van der Waals surface area (Å²) in [6.45, 7) is -0.644. The molecule has 0 saturated heterocycles. The van der Waals surface area contributed by atoms with Crippen molar-refractivity contribution in [3.05, 3.63) is 58.9 Å². The standard InChI is InChI=1S/C16H13ClFNO5S/c1-25(22,23)12-5-6-13(17)14(8-12)19-15(20)9-24-16(21)10-3-2-4-11(18)7-10/h2-8H,9H2,1H3,(H,19,20). The van der Waals surface area contributed by atoms with E-state index in [4.69, 9.17) is 16.3 Å². The summed E-state index contributed by atoms with van der Waals surface area (Å²) >= 11 is 5.91. The van der Waals surface area contributed by atoms with Crippen molar-refractivity contribution < 1.29 is 27.1 Å². The third-order valence-electron chi connectivity index (χ3n) is 3.03. The second kappa shape index (κ2) is 7.62. The van der Waals surface area contributed by atoms with Crippen molar-refractivity contribution in [2.45, 2.75) is 4.90 Å². The van der Waals surface area contributed by atoms with E-state index >= 15 is 0 Å². The summed E-state index contributed by atoms with van der Waals surface area (Å²) in [5, 5.41) is 2.48. The van der Waals surface area contributed by atoms with Crippen LogP contribution in [0.25, 0.3) is 0 Å². The monoisotopic (exact) mass is 385 g/mol. The Bertz CT molecular complexity index is 930. The quantitative estimate of drug-likeness (QED) is 0.799. The number of sulfone groups is 1. The lowest BCUT2D eigenvalue weighted by Crippen LogP contribution is -2.21. The van der Waals surface area contributed by atoms with Gasteiger partial charge in [-0.05, 0) is 36.4 Å². The SMILES string of the molecule is CS(=O)(=O)c1ccc(Cl)c(NC(=O)COC(=O)c2cccc(F)c2)c1. The molecule has 2 aromatic carbocycles. The fourth-order valence-electron chi connectivity index (χ4n) is 1.85. The summed E-state index contributed by atoms with van der Waals surface area (Å²) in [4.78, 5) is 23.6. The molecule has 0 atom stereocenters. The number of amides is 1. The molecule has 1 amide bonds. The van der Waals surface area contributed by atoms with Gasteiger partial charge in [-0.1, -0.05) is 17.7 Å². The Morgan fingerprint density at radius 3 is 2.56 bits per heavy atom. The molecule has 2 aromatic rings. The Balaban J connectivity index is 2.02. The molecule has 0 heterocycles. The molecule has 132 valence electrons. The number of carbonyl (C=O) groups is 2. The molecule has 0 saturated carbocycles. The third kappa shape index (κ3) is 5.27. The minimum absolute atomic E-state index is 0.0241. The molecule has 0 spiro atoms. The number of ether oxygens (including phenoxy) is 1. The number of carbonyl (C=O) groups excluding carboxylic acids is 2. The molecule has 0 radical (unpaired) electrons. The van der Waals surface area contributed by atoms with Crippen molar-refractivity contribution >= 4 is 39.0 Å². The number of hydrogen-bond acceptors (Lipinski definition) is 5.